The summed E-state index contributed by atoms with van der Waals surface area (Å²) >= 11 is 0. The average molecular weight is 524 g/mol. The van der Waals surface area contributed by atoms with E-state index in [1.165, 1.54) is 12.1 Å². The average Bonchev–Trinajstić information content (AvgIpc) is 2.91. The molecule has 0 atom stereocenters. The van der Waals surface area contributed by atoms with E-state index in [-0.39, 0.29) is 11.1 Å². The third-order valence-corrected chi connectivity index (χ3v) is 7.35. The summed E-state index contributed by atoms with van der Waals surface area (Å²) in [6.45, 7) is 4.54. The Morgan fingerprint density at radius 2 is 1.53 bits per heavy atom. The molecule has 4 nitrogen and oxygen atoms in total. The molecule has 4 rings (SSSR count). The molecular weight excluding hydrogens is 494 g/mol. The summed E-state index contributed by atoms with van der Waals surface area (Å²) in [5, 5.41) is 12.8. The van der Waals surface area contributed by atoms with Crippen molar-refractivity contribution in [2.75, 3.05) is 26.2 Å². The van der Waals surface area contributed by atoms with Gasteiger partial charge in [-0.3, -0.25) is 4.79 Å². The first kappa shape index (κ1) is 27.3. The fourth-order valence-corrected chi connectivity index (χ4v) is 5.20. The number of carbonyl (C=O) groups excluding carboxylic acids is 1. The largest absolute Gasteiger partial charge is 0.355 e. The molecule has 0 saturated carbocycles. The fourth-order valence-electron chi connectivity index (χ4n) is 5.20. The number of rotatable bonds is 8. The zero-order chi connectivity index (χ0) is 27.3. The lowest BCUT2D eigenvalue weighted by atomic mass is 9.72. The molecule has 38 heavy (non-hydrogen) atoms. The number of nitrogens with zero attached hydrogens (tertiary/aromatic N) is 2. The molecule has 0 aromatic heterocycles. The van der Waals surface area contributed by atoms with Crippen molar-refractivity contribution in [3.8, 4) is 6.07 Å². The Morgan fingerprint density at radius 3 is 2.05 bits per heavy atom. The van der Waals surface area contributed by atoms with Crippen molar-refractivity contribution in [3.63, 3.8) is 0 Å². The van der Waals surface area contributed by atoms with Crippen LogP contribution in [0, 0.1) is 41.5 Å². The Bertz CT molecular complexity index is 1290. The van der Waals surface area contributed by atoms with Gasteiger partial charge in [0.1, 0.15) is 0 Å². The van der Waals surface area contributed by atoms with E-state index in [4.69, 9.17) is 0 Å². The summed E-state index contributed by atoms with van der Waals surface area (Å²) < 4.78 is 54.8. The van der Waals surface area contributed by atoms with Crippen LogP contribution in [0.5, 0.6) is 0 Å². The van der Waals surface area contributed by atoms with Gasteiger partial charge in [-0.2, -0.15) is 5.26 Å². The molecule has 1 N–H and O–H groups in total. The van der Waals surface area contributed by atoms with Crippen LogP contribution in [-0.4, -0.2) is 37.0 Å². The van der Waals surface area contributed by atoms with Gasteiger partial charge in [-0.05, 0) is 92.3 Å². The Balaban J connectivity index is 1.36. The zero-order valence-electron chi connectivity index (χ0n) is 21.1. The number of piperidine rings is 1. The minimum Gasteiger partial charge on any atom is -0.355 e. The van der Waals surface area contributed by atoms with Crippen LogP contribution < -0.4 is 5.32 Å². The molecule has 0 spiro atoms. The number of nitrogens with one attached hydrogen (secondary N) is 1. The molecule has 0 aliphatic carbocycles. The van der Waals surface area contributed by atoms with Gasteiger partial charge in [-0.25, -0.2) is 17.6 Å². The van der Waals surface area contributed by atoms with E-state index in [1.807, 2.05) is 31.2 Å². The Hall–Kier alpha value is -3.70. The van der Waals surface area contributed by atoms with Crippen LogP contribution in [0.3, 0.4) is 0 Å². The van der Waals surface area contributed by atoms with Crippen molar-refractivity contribution < 1.29 is 22.4 Å². The Labute approximate surface area is 219 Å². The molecule has 3 aromatic rings. The van der Waals surface area contributed by atoms with Crippen LogP contribution in [-0.2, 0) is 10.2 Å². The highest BCUT2D eigenvalue weighted by molar-refractivity contribution is 5.87. The number of halogens is 4. The number of aryl methyl sites for hydroxylation is 1. The smallest absolute Gasteiger partial charge is 0.232 e. The van der Waals surface area contributed by atoms with E-state index in [2.05, 4.69) is 16.3 Å². The molecule has 1 aliphatic rings. The minimum absolute atomic E-state index is 0.132. The summed E-state index contributed by atoms with van der Waals surface area (Å²) in [4.78, 5) is 15.4. The van der Waals surface area contributed by atoms with Gasteiger partial charge in [0, 0.05) is 6.54 Å². The first-order valence-electron chi connectivity index (χ1n) is 12.6. The monoisotopic (exact) mass is 523 g/mol. The van der Waals surface area contributed by atoms with Crippen molar-refractivity contribution >= 4 is 5.91 Å². The highest BCUT2D eigenvalue weighted by Crippen LogP contribution is 2.36. The maximum absolute atomic E-state index is 13.9. The molecule has 1 fully saturated rings. The van der Waals surface area contributed by atoms with Gasteiger partial charge in [0.25, 0.3) is 0 Å². The molecule has 0 unspecified atom stereocenters. The number of hydrogen-bond donors (Lipinski definition) is 1. The lowest BCUT2D eigenvalue weighted by molar-refractivity contribution is -0.121. The molecule has 1 aliphatic heterocycles. The molecule has 1 saturated heterocycles. The van der Waals surface area contributed by atoms with Gasteiger partial charge in [-0.15, -0.1) is 0 Å². The molecule has 3 aromatic carbocycles. The third kappa shape index (κ3) is 5.89. The second kappa shape index (κ2) is 11.8. The molecule has 0 radical (unpaired) electrons. The molecule has 1 amide bonds. The molecule has 8 heteroatoms. The van der Waals surface area contributed by atoms with Crippen molar-refractivity contribution in [1.82, 2.24) is 10.2 Å². The summed E-state index contributed by atoms with van der Waals surface area (Å²) in [6, 6.07) is 16.6. The number of nitriles is 1. The highest BCUT2D eigenvalue weighted by Gasteiger charge is 2.37. The fraction of sp³-hybridized carbons (Fsp3) is 0.333. The van der Waals surface area contributed by atoms with Gasteiger partial charge in [0.05, 0.1) is 17.4 Å². The predicted octanol–water partition coefficient (Wildman–Crippen LogP) is 5.75. The summed E-state index contributed by atoms with van der Waals surface area (Å²) in [5.41, 5.74) is 1.95. The number of carbonyl (C=O) groups is 1. The van der Waals surface area contributed by atoms with Crippen molar-refractivity contribution in [2.45, 2.75) is 37.5 Å². The number of benzene rings is 3. The first-order valence-corrected chi connectivity index (χ1v) is 12.6. The second-order valence-electron chi connectivity index (χ2n) is 9.78. The SMILES string of the molecule is Cc1ccccc1C1(C#N)CCN(CCCNC(=O)C(c2ccc(F)c(F)c2)c2ccc(F)c(F)c2)CC1. The van der Waals surface area contributed by atoms with Gasteiger partial charge >= 0.3 is 0 Å². The minimum atomic E-state index is -1.14. The summed E-state index contributed by atoms with van der Waals surface area (Å²) in [5.74, 6) is -6.06. The van der Waals surface area contributed by atoms with Crippen molar-refractivity contribution in [1.29, 1.82) is 5.26 Å². The maximum atomic E-state index is 13.9. The Morgan fingerprint density at radius 1 is 0.947 bits per heavy atom. The maximum Gasteiger partial charge on any atom is 0.232 e. The van der Waals surface area contributed by atoms with Gasteiger partial charge in [-0.1, -0.05) is 36.4 Å². The van der Waals surface area contributed by atoms with Crippen molar-refractivity contribution in [3.05, 3.63) is 106 Å². The van der Waals surface area contributed by atoms with E-state index in [9.17, 15) is 27.6 Å². The van der Waals surface area contributed by atoms with Gasteiger partial charge < -0.3 is 10.2 Å². The normalized spacial score (nSPS) is 15.3. The van der Waals surface area contributed by atoms with E-state index in [0.717, 1.165) is 61.3 Å². The zero-order valence-corrected chi connectivity index (χ0v) is 21.1. The summed E-state index contributed by atoms with van der Waals surface area (Å²) in [6.07, 6.45) is 2.06. The topological polar surface area (TPSA) is 56.1 Å². The van der Waals surface area contributed by atoms with E-state index >= 15 is 0 Å². The highest BCUT2D eigenvalue weighted by atomic mass is 19.2. The van der Waals surface area contributed by atoms with Crippen LogP contribution in [0.2, 0.25) is 0 Å². The van der Waals surface area contributed by atoms with E-state index < -0.39 is 40.5 Å². The molecule has 0 bridgehead atoms. The molecule has 1 heterocycles. The Kier molecular flexibility index (Phi) is 8.48. The van der Waals surface area contributed by atoms with Crippen LogP contribution in [0.1, 0.15) is 47.4 Å². The number of hydrogen-bond acceptors (Lipinski definition) is 3. The summed E-state index contributed by atoms with van der Waals surface area (Å²) in [7, 11) is 0. The van der Waals surface area contributed by atoms with Crippen LogP contribution >= 0.6 is 0 Å². The van der Waals surface area contributed by atoms with Crippen LogP contribution in [0.4, 0.5) is 17.6 Å². The van der Waals surface area contributed by atoms with E-state index in [1.54, 1.807) is 0 Å². The first-order chi connectivity index (χ1) is 18.2. The quantitative estimate of drug-likeness (QED) is 0.302. The van der Waals surface area contributed by atoms with Crippen LogP contribution in [0.25, 0.3) is 0 Å². The van der Waals surface area contributed by atoms with Gasteiger partial charge in [0.2, 0.25) is 5.91 Å². The predicted molar refractivity (Wildman–Crippen MR) is 136 cm³/mol. The second-order valence-corrected chi connectivity index (χ2v) is 9.78. The molecular formula is C30H29F4N3O. The third-order valence-electron chi connectivity index (χ3n) is 7.35. The van der Waals surface area contributed by atoms with Crippen LogP contribution in [0.15, 0.2) is 60.7 Å². The lowest BCUT2D eigenvalue weighted by Crippen LogP contribution is -2.43. The van der Waals surface area contributed by atoms with Gasteiger partial charge in [0.15, 0.2) is 23.3 Å². The van der Waals surface area contributed by atoms with Crippen molar-refractivity contribution in [2.24, 2.45) is 0 Å². The lowest BCUT2D eigenvalue weighted by Gasteiger charge is -2.38. The number of amides is 1. The molecule has 198 valence electrons. The van der Waals surface area contributed by atoms with E-state index in [0.29, 0.717) is 19.5 Å². The number of likely N-dealkylation sites (tertiary alicyclic amines) is 1. The standard InChI is InChI=1S/C30H29F4N3O/c1-20-5-2-3-6-23(20)30(19-35)11-15-37(16-12-30)14-4-13-36-29(38)28(21-7-9-24(31)26(33)17-21)22-8-10-25(32)27(34)18-22/h2-3,5-10,17-18,28H,4,11-16H2,1H3,(H,36,38).